The van der Waals surface area contributed by atoms with E-state index in [9.17, 15) is 4.79 Å². The molecule has 0 radical (unpaired) electrons. The van der Waals surface area contributed by atoms with Gasteiger partial charge in [0.25, 0.3) is 0 Å². The zero-order valence-corrected chi connectivity index (χ0v) is 8.77. The molecule has 5 heteroatoms. The van der Waals surface area contributed by atoms with Crippen LogP contribution in [0.3, 0.4) is 0 Å². The van der Waals surface area contributed by atoms with Gasteiger partial charge in [-0.1, -0.05) is 6.07 Å². The minimum atomic E-state index is -0.967. The van der Waals surface area contributed by atoms with E-state index in [1.54, 1.807) is 18.2 Å². The number of anilines is 1. The van der Waals surface area contributed by atoms with E-state index in [0.29, 0.717) is 16.9 Å². The van der Waals surface area contributed by atoms with Gasteiger partial charge in [0.05, 0.1) is 11.1 Å². The van der Waals surface area contributed by atoms with Crippen LogP contribution >= 0.6 is 0 Å². The quantitative estimate of drug-likeness (QED) is 0.819. The number of carboxylic acids is 1. The summed E-state index contributed by atoms with van der Waals surface area (Å²) in [6.45, 7) is 2.67. The van der Waals surface area contributed by atoms with Crippen LogP contribution in [0.4, 0.5) is 5.95 Å². The van der Waals surface area contributed by atoms with Crippen LogP contribution in [0.2, 0.25) is 0 Å². The van der Waals surface area contributed by atoms with Crippen molar-refractivity contribution < 1.29 is 9.90 Å². The first-order chi connectivity index (χ1) is 7.72. The van der Waals surface area contributed by atoms with Crippen molar-refractivity contribution in [1.29, 1.82) is 0 Å². The molecule has 2 rings (SSSR count). The first-order valence-corrected chi connectivity index (χ1v) is 4.95. The van der Waals surface area contributed by atoms with Crippen LogP contribution in [-0.4, -0.2) is 27.6 Å². The number of hydrogen-bond acceptors (Lipinski definition) is 4. The second-order valence-electron chi connectivity index (χ2n) is 3.27. The van der Waals surface area contributed by atoms with Gasteiger partial charge in [-0.15, -0.1) is 0 Å². The highest BCUT2D eigenvalue weighted by Gasteiger charge is 2.09. The summed E-state index contributed by atoms with van der Waals surface area (Å²) in [4.78, 5) is 19.2. The van der Waals surface area contributed by atoms with Gasteiger partial charge < -0.3 is 10.4 Å². The van der Waals surface area contributed by atoms with Gasteiger partial charge in [0, 0.05) is 18.1 Å². The molecule has 0 spiro atoms. The van der Waals surface area contributed by atoms with Gasteiger partial charge in [0.1, 0.15) is 0 Å². The molecular formula is C11H11N3O2. The molecule has 82 valence electrons. The number of carbonyl (C=O) groups is 1. The first kappa shape index (κ1) is 10.4. The van der Waals surface area contributed by atoms with Gasteiger partial charge in [-0.2, -0.15) is 0 Å². The zero-order valence-electron chi connectivity index (χ0n) is 8.77. The van der Waals surface area contributed by atoms with Crippen molar-refractivity contribution in [3.8, 4) is 0 Å². The molecule has 1 aromatic carbocycles. The number of rotatable bonds is 3. The molecule has 0 aliphatic heterocycles. The Morgan fingerprint density at radius 3 is 3.00 bits per heavy atom. The number of aromatic nitrogens is 2. The Hall–Kier alpha value is -2.17. The van der Waals surface area contributed by atoms with Crippen molar-refractivity contribution in [1.82, 2.24) is 9.97 Å². The fourth-order valence-electron chi connectivity index (χ4n) is 1.48. The highest BCUT2D eigenvalue weighted by Crippen LogP contribution is 2.17. The molecule has 5 nitrogen and oxygen atoms in total. The molecule has 0 fully saturated rings. The molecule has 0 saturated heterocycles. The Labute approximate surface area is 92.2 Å². The Balaban J connectivity index is 2.59. The molecule has 0 bridgehead atoms. The largest absolute Gasteiger partial charge is 0.478 e. The summed E-state index contributed by atoms with van der Waals surface area (Å²) >= 11 is 0. The lowest BCUT2D eigenvalue weighted by atomic mass is 10.1. The summed E-state index contributed by atoms with van der Waals surface area (Å²) in [6, 6.07) is 4.99. The maximum Gasteiger partial charge on any atom is 0.336 e. The van der Waals surface area contributed by atoms with E-state index in [0.717, 1.165) is 6.54 Å². The van der Waals surface area contributed by atoms with Crippen molar-refractivity contribution in [3.63, 3.8) is 0 Å². The van der Waals surface area contributed by atoms with Gasteiger partial charge in [-0.25, -0.2) is 14.8 Å². The number of nitrogens with zero attached hydrogens (tertiary/aromatic N) is 2. The van der Waals surface area contributed by atoms with Gasteiger partial charge in [0.2, 0.25) is 5.95 Å². The number of nitrogens with one attached hydrogen (secondary N) is 1. The van der Waals surface area contributed by atoms with E-state index in [-0.39, 0.29) is 5.56 Å². The second-order valence-corrected chi connectivity index (χ2v) is 3.27. The fourth-order valence-corrected chi connectivity index (χ4v) is 1.48. The summed E-state index contributed by atoms with van der Waals surface area (Å²) < 4.78 is 0. The number of hydrogen-bond donors (Lipinski definition) is 2. The minimum Gasteiger partial charge on any atom is -0.478 e. The lowest BCUT2D eigenvalue weighted by molar-refractivity contribution is 0.0699. The van der Waals surface area contributed by atoms with Gasteiger partial charge >= 0.3 is 5.97 Å². The van der Waals surface area contributed by atoms with Crippen LogP contribution in [0.15, 0.2) is 24.4 Å². The monoisotopic (exact) mass is 217 g/mol. The minimum absolute atomic E-state index is 0.223. The van der Waals surface area contributed by atoms with Gasteiger partial charge in [0.15, 0.2) is 0 Å². The van der Waals surface area contributed by atoms with Crippen LogP contribution in [-0.2, 0) is 0 Å². The molecule has 16 heavy (non-hydrogen) atoms. The Morgan fingerprint density at radius 1 is 1.50 bits per heavy atom. The molecular weight excluding hydrogens is 206 g/mol. The topological polar surface area (TPSA) is 75.1 Å². The van der Waals surface area contributed by atoms with E-state index in [1.165, 1.54) is 6.20 Å². The average Bonchev–Trinajstić information content (AvgIpc) is 2.28. The normalized spacial score (nSPS) is 10.3. The molecule has 2 N–H and O–H groups in total. The van der Waals surface area contributed by atoms with Crippen molar-refractivity contribution in [2.75, 3.05) is 11.9 Å². The van der Waals surface area contributed by atoms with Gasteiger partial charge in [-0.05, 0) is 19.1 Å². The highest BCUT2D eigenvalue weighted by atomic mass is 16.4. The summed E-state index contributed by atoms with van der Waals surface area (Å²) in [5, 5.41) is 12.5. The molecule has 0 saturated carbocycles. The molecule has 0 aliphatic carbocycles. The summed E-state index contributed by atoms with van der Waals surface area (Å²) in [5.74, 6) is -0.456. The summed E-state index contributed by atoms with van der Waals surface area (Å²) in [6.07, 6.45) is 1.53. The molecule has 0 unspecified atom stereocenters. The van der Waals surface area contributed by atoms with Crippen molar-refractivity contribution >= 4 is 22.8 Å². The molecule has 2 aromatic rings. The number of fused-ring (bicyclic) bond motifs is 1. The Bertz CT molecular complexity index is 540. The van der Waals surface area contributed by atoms with E-state index >= 15 is 0 Å². The number of aromatic carboxylic acids is 1. The maximum atomic E-state index is 11.0. The molecule has 0 atom stereocenters. The number of benzene rings is 1. The van der Waals surface area contributed by atoms with E-state index < -0.39 is 5.97 Å². The van der Waals surface area contributed by atoms with E-state index in [4.69, 9.17) is 5.11 Å². The van der Waals surface area contributed by atoms with E-state index in [2.05, 4.69) is 15.3 Å². The predicted octanol–water partition coefficient (Wildman–Crippen LogP) is 1.76. The van der Waals surface area contributed by atoms with Crippen LogP contribution in [0.1, 0.15) is 17.3 Å². The lowest BCUT2D eigenvalue weighted by Crippen LogP contribution is -2.03. The van der Waals surface area contributed by atoms with Crippen molar-refractivity contribution in [2.45, 2.75) is 6.92 Å². The van der Waals surface area contributed by atoms with Crippen LogP contribution in [0.25, 0.3) is 10.9 Å². The fraction of sp³-hybridized carbons (Fsp3) is 0.182. The summed E-state index contributed by atoms with van der Waals surface area (Å²) in [7, 11) is 0. The zero-order chi connectivity index (χ0) is 11.5. The molecule has 1 aromatic heterocycles. The molecule has 0 aliphatic rings. The third kappa shape index (κ3) is 1.79. The first-order valence-electron chi connectivity index (χ1n) is 4.95. The third-order valence-electron chi connectivity index (χ3n) is 2.19. The molecule has 0 amide bonds. The second kappa shape index (κ2) is 4.14. The van der Waals surface area contributed by atoms with E-state index in [1.807, 2.05) is 6.92 Å². The van der Waals surface area contributed by atoms with Gasteiger partial charge in [-0.3, -0.25) is 0 Å². The smallest absolute Gasteiger partial charge is 0.336 e. The lowest BCUT2D eigenvalue weighted by Gasteiger charge is -2.04. The number of carboxylic acid groups (broad SMARTS) is 1. The highest BCUT2D eigenvalue weighted by molar-refractivity contribution is 6.02. The van der Waals surface area contributed by atoms with Crippen LogP contribution < -0.4 is 5.32 Å². The van der Waals surface area contributed by atoms with Crippen molar-refractivity contribution in [2.24, 2.45) is 0 Å². The maximum absolute atomic E-state index is 11.0. The standard InChI is InChI=1S/C11H11N3O2/c1-2-12-11-13-6-8-7(10(15)16)4-3-5-9(8)14-11/h3-6H,2H2,1H3,(H,15,16)(H,12,13,14). The predicted molar refractivity (Wildman–Crippen MR) is 60.7 cm³/mol. The SMILES string of the molecule is CCNc1ncc2c(C(=O)O)cccc2n1. The molecule has 1 heterocycles. The Morgan fingerprint density at radius 2 is 2.31 bits per heavy atom. The average molecular weight is 217 g/mol. The Kier molecular flexibility index (Phi) is 2.68. The van der Waals surface area contributed by atoms with Crippen LogP contribution in [0.5, 0.6) is 0 Å². The van der Waals surface area contributed by atoms with Crippen molar-refractivity contribution in [3.05, 3.63) is 30.0 Å². The third-order valence-corrected chi connectivity index (χ3v) is 2.19. The van der Waals surface area contributed by atoms with Crippen LogP contribution in [0, 0.1) is 0 Å². The summed E-state index contributed by atoms with van der Waals surface area (Å²) in [5.41, 5.74) is 0.853.